The third kappa shape index (κ3) is 4.04. The average molecular weight is 346 g/mol. The molecular formula is C14H10N4O7. The van der Waals surface area contributed by atoms with E-state index in [2.05, 4.69) is 10.5 Å². The summed E-state index contributed by atoms with van der Waals surface area (Å²) in [5.41, 5.74) is 1.00. The Labute approximate surface area is 139 Å². The number of hydrogen-bond acceptors (Lipinski definition) is 8. The highest BCUT2D eigenvalue weighted by Gasteiger charge is 2.17. The molecule has 1 amide bonds. The number of nitro groups is 2. The molecule has 0 bridgehead atoms. The van der Waals surface area contributed by atoms with Crippen molar-refractivity contribution in [3.05, 3.63) is 67.8 Å². The van der Waals surface area contributed by atoms with Gasteiger partial charge in [-0.15, -0.1) is 0 Å². The van der Waals surface area contributed by atoms with Gasteiger partial charge in [0.25, 0.3) is 11.6 Å². The SMILES string of the molecule is O=C(N/N=C\c1cc([N+](=O)[O-])c(O)cc1O)c1cccc([N+](=O)[O-])c1. The van der Waals surface area contributed by atoms with Gasteiger partial charge in [-0.3, -0.25) is 25.0 Å². The normalized spacial score (nSPS) is 10.6. The van der Waals surface area contributed by atoms with Crippen molar-refractivity contribution in [1.29, 1.82) is 0 Å². The van der Waals surface area contributed by atoms with Crippen molar-refractivity contribution in [3.8, 4) is 11.5 Å². The van der Waals surface area contributed by atoms with Crippen molar-refractivity contribution in [1.82, 2.24) is 5.43 Å². The Hall–Kier alpha value is -4.02. The third-order valence-corrected chi connectivity index (χ3v) is 3.01. The fraction of sp³-hybridized carbons (Fsp3) is 0. The molecule has 0 aliphatic carbocycles. The molecule has 128 valence electrons. The monoisotopic (exact) mass is 346 g/mol. The largest absolute Gasteiger partial charge is 0.507 e. The first-order valence-corrected chi connectivity index (χ1v) is 6.58. The Kier molecular flexibility index (Phi) is 4.88. The van der Waals surface area contributed by atoms with Crippen molar-refractivity contribution >= 4 is 23.5 Å². The average Bonchev–Trinajstić information content (AvgIpc) is 2.56. The van der Waals surface area contributed by atoms with E-state index >= 15 is 0 Å². The fourth-order valence-corrected chi connectivity index (χ4v) is 1.82. The van der Waals surface area contributed by atoms with E-state index in [0.29, 0.717) is 0 Å². The second-order valence-electron chi connectivity index (χ2n) is 4.66. The molecule has 11 nitrogen and oxygen atoms in total. The van der Waals surface area contributed by atoms with Gasteiger partial charge in [0.05, 0.1) is 16.1 Å². The summed E-state index contributed by atoms with van der Waals surface area (Å²) in [4.78, 5) is 31.8. The number of phenols is 2. The maximum absolute atomic E-state index is 11.9. The standard InChI is InChI=1S/C14H10N4O7/c19-12-6-13(20)11(18(24)25)5-9(12)7-15-16-14(21)8-2-1-3-10(4-8)17(22)23/h1-7,19-20H,(H,16,21)/b15-7-. The lowest BCUT2D eigenvalue weighted by molar-refractivity contribution is -0.385. The molecule has 0 atom stereocenters. The summed E-state index contributed by atoms with van der Waals surface area (Å²) >= 11 is 0. The fourth-order valence-electron chi connectivity index (χ4n) is 1.82. The summed E-state index contributed by atoms with van der Waals surface area (Å²) in [6.45, 7) is 0. The number of hydrogen-bond donors (Lipinski definition) is 3. The summed E-state index contributed by atoms with van der Waals surface area (Å²) in [6, 6.07) is 6.56. The zero-order valence-electron chi connectivity index (χ0n) is 12.3. The topological polar surface area (TPSA) is 168 Å². The van der Waals surface area contributed by atoms with Crippen LogP contribution in [-0.4, -0.2) is 32.2 Å². The van der Waals surface area contributed by atoms with E-state index in [0.717, 1.165) is 24.4 Å². The number of benzene rings is 2. The first-order chi connectivity index (χ1) is 11.8. The summed E-state index contributed by atoms with van der Waals surface area (Å²) in [6.07, 6.45) is 0.928. The molecule has 0 spiro atoms. The lowest BCUT2D eigenvalue weighted by atomic mass is 10.2. The van der Waals surface area contributed by atoms with Gasteiger partial charge in [-0.05, 0) is 6.07 Å². The predicted molar refractivity (Wildman–Crippen MR) is 84.6 cm³/mol. The van der Waals surface area contributed by atoms with Crippen LogP contribution >= 0.6 is 0 Å². The molecule has 3 N–H and O–H groups in total. The number of non-ortho nitro benzene ring substituents is 1. The van der Waals surface area contributed by atoms with Gasteiger partial charge < -0.3 is 10.2 Å². The predicted octanol–water partition coefficient (Wildman–Crippen LogP) is 1.68. The minimum atomic E-state index is -0.853. The molecule has 0 aromatic heterocycles. The third-order valence-electron chi connectivity index (χ3n) is 3.01. The lowest BCUT2D eigenvalue weighted by Gasteiger charge is -2.02. The number of nitrogens with zero attached hydrogens (tertiary/aromatic N) is 3. The Bertz CT molecular complexity index is 895. The quantitative estimate of drug-likeness (QED) is 0.420. The van der Waals surface area contributed by atoms with E-state index in [1.165, 1.54) is 18.2 Å². The second-order valence-corrected chi connectivity index (χ2v) is 4.66. The number of carbonyl (C=O) groups is 1. The Morgan fingerprint density at radius 2 is 1.80 bits per heavy atom. The molecule has 2 aromatic carbocycles. The van der Waals surface area contributed by atoms with Crippen LogP contribution in [0.25, 0.3) is 0 Å². The molecule has 2 rings (SSSR count). The van der Waals surface area contributed by atoms with Crippen LogP contribution in [0.2, 0.25) is 0 Å². The Morgan fingerprint density at radius 1 is 1.08 bits per heavy atom. The molecule has 0 aliphatic rings. The molecule has 0 unspecified atom stereocenters. The minimum absolute atomic E-state index is 0.0211. The van der Waals surface area contributed by atoms with Gasteiger partial charge in [-0.25, -0.2) is 5.43 Å². The Morgan fingerprint density at radius 3 is 2.44 bits per heavy atom. The van der Waals surface area contributed by atoms with E-state index in [4.69, 9.17) is 0 Å². The number of amides is 1. The van der Waals surface area contributed by atoms with Crippen molar-refractivity contribution < 1.29 is 24.9 Å². The molecule has 0 radical (unpaired) electrons. The van der Waals surface area contributed by atoms with Gasteiger partial charge in [0, 0.05) is 35.4 Å². The van der Waals surface area contributed by atoms with Crippen LogP contribution in [0, 0.1) is 20.2 Å². The highest BCUT2D eigenvalue weighted by Crippen LogP contribution is 2.31. The van der Waals surface area contributed by atoms with Crippen LogP contribution in [-0.2, 0) is 0 Å². The van der Waals surface area contributed by atoms with Crippen LogP contribution in [0.1, 0.15) is 15.9 Å². The smallest absolute Gasteiger partial charge is 0.311 e. The minimum Gasteiger partial charge on any atom is -0.507 e. The van der Waals surface area contributed by atoms with E-state index in [-0.39, 0.29) is 16.8 Å². The van der Waals surface area contributed by atoms with Gasteiger partial charge in [-0.2, -0.15) is 5.10 Å². The molecule has 0 saturated heterocycles. The van der Waals surface area contributed by atoms with Crippen molar-refractivity contribution in [3.63, 3.8) is 0 Å². The maximum atomic E-state index is 11.9. The van der Waals surface area contributed by atoms with Crippen LogP contribution in [0.4, 0.5) is 11.4 Å². The molecular weight excluding hydrogens is 336 g/mol. The summed E-state index contributed by atoms with van der Waals surface area (Å²) in [5.74, 6) is -1.97. The van der Waals surface area contributed by atoms with Crippen LogP contribution in [0.15, 0.2) is 41.5 Å². The molecule has 0 heterocycles. The molecule has 0 saturated carbocycles. The summed E-state index contributed by atoms with van der Waals surface area (Å²) in [7, 11) is 0. The van der Waals surface area contributed by atoms with Crippen molar-refractivity contribution in [2.75, 3.05) is 0 Å². The number of nitro benzene ring substituents is 2. The van der Waals surface area contributed by atoms with Gasteiger partial charge in [0.1, 0.15) is 5.75 Å². The maximum Gasteiger partial charge on any atom is 0.311 e. The Balaban J connectivity index is 2.17. The summed E-state index contributed by atoms with van der Waals surface area (Å²) in [5, 5.41) is 43.9. The van der Waals surface area contributed by atoms with E-state index < -0.39 is 32.9 Å². The van der Waals surface area contributed by atoms with Gasteiger partial charge in [0.15, 0.2) is 5.75 Å². The lowest BCUT2D eigenvalue weighted by Crippen LogP contribution is -2.17. The first-order valence-electron chi connectivity index (χ1n) is 6.58. The van der Waals surface area contributed by atoms with Crippen LogP contribution in [0.3, 0.4) is 0 Å². The highest BCUT2D eigenvalue weighted by molar-refractivity contribution is 5.95. The van der Waals surface area contributed by atoms with Crippen LogP contribution < -0.4 is 5.43 Å². The number of aromatic hydroxyl groups is 2. The molecule has 0 fully saturated rings. The van der Waals surface area contributed by atoms with Crippen molar-refractivity contribution in [2.24, 2.45) is 5.10 Å². The second kappa shape index (κ2) is 7.04. The van der Waals surface area contributed by atoms with Gasteiger partial charge in [-0.1, -0.05) is 6.07 Å². The zero-order chi connectivity index (χ0) is 18.6. The number of nitrogens with one attached hydrogen (secondary N) is 1. The van der Waals surface area contributed by atoms with Crippen LogP contribution in [0.5, 0.6) is 11.5 Å². The van der Waals surface area contributed by atoms with E-state index in [9.17, 15) is 35.2 Å². The van der Waals surface area contributed by atoms with E-state index in [1.807, 2.05) is 0 Å². The highest BCUT2D eigenvalue weighted by atomic mass is 16.6. The zero-order valence-corrected chi connectivity index (χ0v) is 12.3. The number of rotatable bonds is 5. The molecule has 0 aliphatic heterocycles. The van der Waals surface area contributed by atoms with Crippen molar-refractivity contribution in [2.45, 2.75) is 0 Å². The van der Waals surface area contributed by atoms with Gasteiger partial charge >= 0.3 is 5.69 Å². The number of hydrazone groups is 1. The first kappa shape index (κ1) is 17.3. The van der Waals surface area contributed by atoms with E-state index in [1.54, 1.807) is 0 Å². The number of carbonyl (C=O) groups excluding carboxylic acids is 1. The number of phenolic OH excluding ortho intramolecular Hbond substituents is 2. The molecule has 25 heavy (non-hydrogen) atoms. The van der Waals surface area contributed by atoms with Gasteiger partial charge in [0.2, 0.25) is 0 Å². The molecule has 2 aromatic rings. The summed E-state index contributed by atoms with van der Waals surface area (Å²) < 4.78 is 0. The molecule has 11 heteroatoms.